The molecule has 3 rings (SSSR count). The average Bonchev–Trinajstić information content (AvgIpc) is 3.03. The number of likely N-dealkylation sites (tertiary alicyclic amines) is 2. The minimum atomic E-state index is -0.890. The number of nitrogens with zero attached hydrogens (tertiary/aromatic N) is 4. The number of nitrogens with one attached hydrogen (secondary N) is 1. The van der Waals surface area contributed by atoms with Crippen LogP contribution in [0, 0.1) is 5.41 Å². The van der Waals surface area contributed by atoms with Crippen LogP contribution in [0.5, 0.6) is 0 Å². The minimum absolute atomic E-state index is 0.0599. The molecule has 2 aliphatic heterocycles. The van der Waals surface area contributed by atoms with E-state index in [1.54, 1.807) is 0 Å². The SMILES string of the molecule is CCCNc1ncc(CN2CCC3(CC2)CC(C(=O)O)N(C(C)=O)C3)cn1. The van der Waals surface area contributed by atoms with Gasteiger partial charge < -0.3 is 15.3 Å². The van der Waals surface area contributed by atoms with E-state index in [1.807, 2.05) is 12.4 Å². The molecule has 2 fully saturated rings. The van der Waals surface area contributed by atoms with Crippen LogP contribution in [0.1, 0.15) is 45.1 Å². The van der Waals surface area contributed by atoms with Crippen molar-refractivity contribution in [3.05, 3.63) is 18.0 Å². The smallest absolute Gasteiger partial charge is 0.326 e. The van der Waals surface area contributed by atoms with Crippen LogP contribution in [-0.4, -0.2) is 69.0 Å². The van der Waals surface area contributed by atoms with Gasteiger partial charge in [0, 0.05) is 44.5 Å². The molecule has 8 heteroatoms. The van der Waals surface area contributed by atoms with E-state index in [0.717, 1.165) is 51.0 Å². The first-order chi connectivity index (χ1) is 12.9. The molecule has 27 heavy (non-hydrogen) atoms. The van der Waals surface area contributed by atoms with Gasteiger partial charge in [0.15, 0.2) is 0 Å². The van der Waals surface area contributed by atoms with Gasteiger partial charge in [-0.25, -0.2) is 14.8 Å². The van der Waals surface area contributed by atoms with Crippen molar-refractivity contribution in [3.63, 3.8) is 0 Å². The second-order valence-corrected chi connectivity index (χ2v) is 7.82. The van der Waals surface area contributed by atoms with Crippen LogP contribution in [0.2, 0.25) is 0 Å². The summed E-state index contributed by atoms with van der Waals surface area (Å²) in [4.78, 5) is 35.9. The molecule has 1 unspecified atom stereocenters. The maximum atomic E-state index is 11.8. The van der Waals surface area contributed by atoms with Crippen LogP contribution in [-0.2, 0) is 16.1 Å². The standard InChI is InChI=1S/C19H29N5O3/c1-3-6-20-18-21-10-15(11-22-18)12-23-7-4-19(5-8-23)9-16(17(26)27)24(13-19)14(2)25/h10-11,16H,3-9,12-13H2,1-2H3,(H,26,27)(H,20,21,22). The van der Waals surface area contributed by atoms with Gasteiger partial charge >= 0.3 is 5.97 Å². The Hall–Kier alpha value is -2.22. The zero-order valence-electron chi connectivity index (χ0n) is 16.1. The number of carbonyl (C=O) groups excluding carboxylic acids is 1. The number of aromatic nitrogens is 2. The summed E-state index contributed by atoms with van der Waals surface area (Å²) in [6, 6.07) is -0.675. The fourth-order valence-corrected chi connectivity index (χ4v) is 4.18. The van der Waals surface area contributed by atoms with Gasteiger partial charge in [-0.1, -0.05) is 6.92 Å². The number of hydrogen-bond acceptors (Lipinski definition) is 6. The summed E-state index contributed by atoms with van der Waals surface area (Å²) in [6.07, 6.45) is 7.15. The highest BCUT2D eigenvalue weighted by molar-refractivity contribution is 5.83. The predicted molar refractivity (Wildman–Crippen MR) is 101 cm³/mol. The summed E-state index contributed by atoms with van der Waals surface area (Å²) in [5.41, 5.74) is 1.02. The molecule has 1 aromatic rings. The van der Waals surface area contributed by atoms with Crippen LogP contribution in [0.4, 0.5) is 5.95 Å². The Balaban J connectivity index is 1.54. The Morgan fingerprint density at radius 1 is 1.30 bits per heavy atom. The van der Waals surface area contributed by atoms with Gasteiger partial charge in [0.05, 0.1) is 0 Å². The first-order valence-corrected chi connectivity index (χ1v) is 9.69. The molecule has 1 spiro atoms. The maximum Gasteiger partial charge on any atom is 0.326 e. The first kappa shape index (κ1) is 19.5. The third-order valence-corrected chi connectivity index (χ3v) is 5.76. The van der Waals surface area contributed by atoms with Gasteiger partial charge in [0.2, 0.25) is 11.9 Å². The molecule has 3 heterocycles. The Bertz CT molecular complexity index is 646. The molecule has 0 aliphatic carbocycles. The normalized spacial score (nSPS) is 22.1. The van der Waals surface area contributed by atoms with Gasteiger partial charge in [-0.15, -0.1) is 0 Å². The molecule has 2 aliphatic rings. The quantitative estimate of drug-likeness (QED) is 0.779. The summed E-state index contributed by atoms with van der Waals surface area (Å²) in [5, 5.41) is 12.6. The minimum Gasteiger partial charge on any atom is -0.480 e. The lowest BCUT2D eigenvalue weighted by Gasteiger charge is -2.39. The number of amides is 1. The van der Waals surface area contributed by atoms with Crippen molar-refractivity contribution >= 4 is 17.8 Å². The molecule has 1 amide bonds. The Kier molecular flexibility index (Phi) is 5.94. The highest BCUT2D eigenvalue weighted by atomic mass is 16.4. The van der Waals surface area contributed by atoms with Gasteiger partial charge in [0.25, 0.3) is 0 Å². The number of aliphatic carboxylic acids is 1. The van der Waals surface area contributed by atoms with E-state index in [9.17, 15) is 14.7 Å². The van der Waals surface area contributed by atoms with Gasteiger partial charge in [0.1, 0.15) is 6.04 Å². The summed E-state index contributed by atoms with van der Waals surface area (Å²) in [7, 11) is 0. The van der Waals surface area contributed by atoms with E-state index in [1.165, 1.54) is 11.8 Å². The summed E-state index contributed by atoms with van der Waals surface area (Å²) in [6.45, 7) is 7.58. The molecule has 0 radical (unpaired) electrons. The molecule has 2 saturated heterocycles. The van der Waals surface area contributed by atoms with Crippen molar-refractivity contribution in [3.8, 4) is 0 Å². The number of carbonyl (C=O) groups is 2. The Morgan fingerprint density at radius 3 is 2.48 bits per heavy atom. The second-order valence-electron chi connectivity index (χ2n) is 7.82. The van der Waals surface area contributed by atoms with Crippen LogP contribution in [0.15, 0.2) is 12.4 Å². The molecule has 0 bridgehead atoms. The molecule has 0 saturated carbocycles. The third-order valence-electron chi connectivity index (χ3n) is 5.76. The van der Waals surface area contributed by atoms with Crippen LogP contribution < -0.4 is 5.32 Å². The number of rotatable bonds is 6. The van der Waals surface area contributed by atoms with Crippen molar-refractivity contribution in [2.75, 3.05) is 31.5 Å². The zero-order chi connectivity index (χ0) is 19.4. The number of piperidine rings is 1. The topological polar surface area (TPSA) is 98.7 Å². The molecule has 1 aromatic heterocycles. The fourth-order valence-electron chi connectivity index (χ4n) is 4.18. The van der Waals surface area contributed by atoms with Crippen molar-refractivity contribution in [2.45, 2.75) is 52.1 Å². The van der Waals surface area contributed by atoms with E-state index in [4.69, 9.17) is 0 Å². The predicted octanol–water partition coefficient (Wildman–Crippen LogP) is 1.59. The maximum absolute atomic E-state index is 11.8. The Morgan fingerprint density at radius 2 is 1.96 bits per heavy atom. The average molecular weight is 375 g/mol. The number of hydrogen-bond donors (Lipinski definition) is 2. The highest BCUT2D eigenvalue weighted by Gasteiger charge is 2.48. The van der Waals surface area contributed by atoms with Crippen molar-refractivity contribution in [1.29, 1.82) is 0 Å². The second kappa shape index (κ2) is 8.21. The first-order valence-electron chi connectivity index (χ1n) is 9.69. The van der Waals surface area contributed by atoms with Gasteiger partial charge in [-0.05, 0) is 44.2 Å². The summed E-state index contributed by atoms with van der Waals surface area (Å²) >= 11 is 0. The van der Waals surface area contributed by atoms with Crippen LogP contribution in [0.3, 0.4) is 0 Å². The molecule has 2 N–H and O–H groups in total. The molecular weight excluding hydrogens is 346 g/mol. The van der Waals surface area contributed by atoms with E-state index in [2.05, 4.69) is 27.1 Å². The summed E-state index contributed by atoms with van der Waals surface area (Å²) in [5.74, 6) is -0.373. The van der Waals surface area contributed by atoms with Crippen molar-refractivity contribution in [2.24, 2.45) is 5.41 Å². The largest absolute Gasteiger partial charge is 0.480 e. The molecular formula is C19H29N5O3. The van der Waals surface area contributed by atoms with Gasteiger partial charge in [-0.3, -0.25) is 9.69 Å². The lowest BCUT2D eigenvalue weighted by Crippen LogP contribution is -2.42. The summed E-state index contributed by atoms with van der Waals surface area (Å²) < 4.78 is 0. The molecule has 148 valence electrons. The lowest BCUT2D eigenvalue weighted by atomic mass is 9.76. The van der Waals surface area contributed by atoms with Crippen LogP contribution in [0.25, 0.3) is 0 Å². The van der Waals surface area contributed by atoms with Crippen LogP contribution >= 0.6 is 0 Å². The monoisotopic (exact) mass is 375 g/mol. The number of carboxylic acid groups (broad SMARTS) is 1. The van der Waals surface area contributed by atoms with Crippen molar-refractivity contribution in [1.82, 2.24) is 19.8 Å². The highest BCUT2D eigenvalue weighted by Crippen LogP contribution is 2.43. The van der Waals surface area contributed by atoms with Crippen molar-refractivity contribution < 1.29 is 14.7 Å². The molecule has 0 aromatic carbocycles. The van der Waals surface area contributed by atoms with E-state index < -0.39 is 12.0 Å². The molecule has 8 nitrogen and oxygen atoms in total. The third kappa shape index (κ3) is 4.55. The number of anilines is 1. The molecule has 1 atom stereocenters. The van der Waals surface area contributed by atoms with E-state index in [0.29, 0.717) is 18.9 Å². The van der Waals surface area contributed by atoms with Gasteiger partial charge in [-0.2, -0.15) is 0 Å². The van der Waals surface area contributed by atoms with E-state index in [-0.39, 0.29) is 11.3 Å². The van der Waals surface area contributed by atoms with E-state index >= 15 is 0 Å². The Labute approximate surface area is 160 Å². The fraction of sp³-hybridized carbons (Fsp3) is 0.684. The number of carboxylic acids is 1. The lowest BCUT2D eigenvalue weighted by molar-refractivity contribution is -0.147. The zero-order valence-corrected chi connectivity index (χ0v) is 16.1.